The quantitative estimate of drug-likeness (QED) is 0.629. The molecule has 0 bridgehead atoms. The van der Waals surface area contributed by atoms with Crippen molar-refractivity contribution in [1.82, 2.24) is 14.0 Å². The highest BCUT2D eigenvalue weighted by atomic mass is 35.5. The number of carbonyl (C=O) groups excluding carboxylic acids is 1. The highest BCUT2D eigenvalue weighted by molar-refractivity contribution is 6.30. The molecule has 0 aliphatic carbocycles. The Kier molecular flexibility index (Phi) is 4.47. The number of ether oxygens (including phenoxy) is 1. The third-order valence-corrected chi connectivity index (χ3v) is 6.39. The van der Waals surface area contributed by atoms with Gasteiger partial charge in [-0.2, -0.15) is 0 Å². The predicted molar refractivity (Wildman–Crippen MR) is 115 cm³/mol. The van der Waals surface area contributed by atoms with E-state index in [0.717, 1.165) is 17.1 Å². The van der Waals surface area contributed by atoms with Gasteiger partial charge in [-0.05, 0) is 43.3 Å². The Labute approximate surface area is 179 Å². The summed E-state index contributed by atoms with van der Waals surface area (Å²) in [6.07, 6.45) is 5.02. The number of likely N-dealkylation sites (tertiary alicyclic amines) is 1. The van der Waals surface area contributed by atoms with Crippen LogP contribution in [0.4, 0.5) is 0 Å². The second-order valence-electron chi connectivity index (χ2n) is 7.78. The van der Waals surface area contributed by atoms with E-state index in [4.69, 9.17) is 16.3 Å². The first-order valence-electron chi connectivity index (χ1n) is 10.2. The van der Waals surface area contributed by atoms with Gasteiger partial charge in [0.05, 0.1) is 11.4 Å². The topological polar surface area (TPSA) is 56.5 Å². The highest BCUT2D eigenvalue weighted by Crippen LogP contribution is 2.45. The predicted octanol–water partition coefficient (Wildman–Crippen LogP) is 3.84. The van der Waals surface area contributed by atoms with Gasteiger partial charge in [0.25, 0.3) is 11.5 Å². The van der Waals surface area contributed by atoms with E-state index >= 15 is 0 Å². The van der Waals surface area contributed by atoms with Gasteiger partial charge in [0.15, 0.2) is 5.60 Å². The van der Waals surface area contributed by atoms with Gasteiger partial charge < -0.3 is 18.8 Å². The molecule has 1 saturated heterocycles. The molecular weight excluding hydrogens is 402 g/mol. The van der Waals surface area contributed by atoms with Crippen LogP contribution in [0.2, 0.25) is 5.02 Å². The molecule has 2 aliphatic heterocycles. The monoisotopic (exact) mass is 423 g/mol. The first kappa shape index (κ1) is 19.0. The van der Waals surface area contributed by atoms with Crippen molar-refractivity contribution in [2.24, 2.45) is 0 Å². The summed E-state index contributed by atoms with van der Waals surface area (Å²) >= 11 is 6.20. The number of amides is 1. The number of hydrogen-bond acceptors (Lipinski definition) is 3. The van der Waals surface area contributed by atoms with E-state index in [1.807, 2.05) is 37.4 Å². The molecule has 5 rings (SSSR count). The van der Waals surface area contributed by atoms with Crippen molar-refractivity contribution >= 4 is 17.5 Å². The smallest absolute Gasteiger partial charge is 0.263 e. The van der Waals surface area contributed by atoms with E-state index in [9.17, 15) is 9.59 Å². The Balaban J connectivity index is 1.42. The number of pyridine rings is 1. The van der Waals surface area contributed by atoms with E-state index in [1.165, 1.54) is 0 Å². The lowest BCUT2D eigenvalue weighted by atomic mass is 9.86. The molecule has 1 amide bonds. The molecule has 0 radical (unpaired) electrons. The molecular formula is C23H22ClN3O3. The van der Waals surface area contributed by atoms with Crippen LogP contribution in [0.25, 0.3) is 5.69 Å². The zero-order valence-electron chi connectivity index (χ0n) is 16.7. The van der Waals surface area contributed by atoms with E-state index in [2.05, 4.69) is 10.6 Å². The van der Waals surface area contributed by atoms with Crippen molar-refractivity contribution in [3.8, 4) is 11.4 Å². The number of aromatic nitrogens is 2. The molecule has 2 aliphatic rings. The molecule has 0 atom stereocenters. The average Bonchev–Trinajstić information content (AvgIpc) is 3.25. The van der Waals surface area contributed by atoms with Gasteiger partial charge in [-0.1, -0.05) is 11.6 Å². The summed E-state index contributed by atoms with van der Waals surface area (Å²) in [7, 11) is 0. The fraction of sp³-hybridized carbons (Fsp3) is 0.304. The molecule has 4 heterocycles. The number of hydrogen-bond donors (Lipinski definition) is 0. The molecule has 7 heteroatoms. The minimum Gasteiger partial charge on any atom is -0.479 e. The number of rotatable bonds is 2. The van der Waals surface area contributed by atoms with Crippen molar-refractivity contribution in [3.63, 3.8) is 0 Å². The fourth-order valence-electron chi connectivity index (χ4n) is 4.54. The normalized spacial score (nSPS) is 16.7. The SMILES string of the molecule is CCn1cccc(C(=O)N2CCC3(CC2)Oc2cc(Cl)ccc2-n2cccc23)c1=O. The molecule has 0 saturated carbocycles. The maximum atomic E-state index is 13.0. The maximum absolute atomic E-state index is 13.0. The molecule has 2 aromatic heterocycles. The number of piperidine rings is 1. The van der Waals surface area contributed by atoms with Crippen LogP contribution < -0.4 is 10.3 Å². The van der Waals surface area contributed by atoms with Gasteiger partial charge in [0.2, 0.25) is 0 Å². The molecule has 6 nitrogen and oxygen atoms in total. The molecule has 1 aromatic carbocycles. The lowest BCUT2D eigenvalue weighted by Crippen LogP contribution is -2.50. The largest absolute Gasteiger partial charge is 0.479 e. The van der Waals surface area contributed by atoms with Crippen LogP contribution in [-0.2, 0) is 12.1 Å². The van der Waals surface area contributed by atoms with Crippen LogP contribution in [0.1, 0.15) is 35.8 Å². The zero-order chi connectivity index (χ0) is 20.9. The molecule has 1 spiro atoms. The lowest BCUT2D eigenvalue weighted by Gasteiger charge is -2.45. The summed E-state index contributed by atoms with van der Waals surface area (Å²) in [5.41, 5.74) is 1.51. The van der Waals surface area contributed by atoms with Crippen LogP contribution in [0.3, 0.4) is 0 Å². The van der Waals surface area contributed by atoms with Gasteiger partial charge in [-0.15, -0.1) is 0 Å². The van der Waals surface area contributed by atoms with Crippen LogP contribution in [-0.4, -0.2) is 33.0 Å². The first-order chi connectivity index (χ1) is 14.5. The fourth-order valence-corrected chi connectivity index (χ4v) is 4.70. The number of halogens is 1. The van der Waals surface area contributed by atoms with Gasteiger partial charge in [-0.3, -0.25) is 9.59 Å². The number of fused-ring (bicyclic) bond motifs is 4. The van der Waals surface area contributed by atoms with Gasteiger partial charge in [0, 0.05) is 56.0 Å². The standard InChI is InChI=1S/C23H22ClN3O3/c1-2-25-11-3-5-17(21(25)28)22(29)26-13-9-23(10-14-26)20-6-4-12-27(20)18-8-7-16(24)15-19(18)30-23/h3-8,11-12,15H,2,9-10,13-14H2,1H3. The van der Waals surface area contributed by atoms with E-state index < -0.39 is 5.60 Å². The maximum Gasteiger partial charge on any atom is 0.263 e. The number of aryl methyl sites for hydroxylation is 1. The molecule has 0 N–H and O–H groups in total. The van der Waals surface area contributed by atoms with Crippen molar-refractivity contribution in [3.05, 3.63) is 81.5 Å². The Hall–Kier alpha value is -2.99. The summed E-state index contributed by atoms with van der Waals surface area (Å²) < 4.78 is 10.2. The molecule has 30 heavy (non-hydrogen) atoms. The van der Waals surface area contributed by atoms with Crippen LogP contribution in [0.5, 0.6) is 5.75 Å². The highest BCUT2D eigenvalue weighted by Gasteiger charge is 2.44. The molecule has 0 unspecified atom stereocenters. The third-order valence-electron chi connectivity index (χ3n) is 6.15. The summed E-state index contributed by atoms with van der Waals surface area (Å²) in [5.74, 6) is 0.534. The molecule has 154 valence electrons. The number of carbonyl (C=O) groups is 1. The molecule has 3 aromatic rings. The van der Waals surface area contributed by atoms with E-state index in [1.54, 1.807) is 27.8 Å². The summed E-state index contributed by atoms with van der Waals surface area (Å²) in [6, 6.07) is 13.1. The summed E-state index contributed by atoms with van der Waals surface area (Å²) in [6.45, 7) is 3.45. The van der Waals surface area contributed by atoms with Gasteiger partial charge in [-0.25, -0.2) is 0 Å². The van der Waals surface area contributed by atoms with Gasteiger partial charge >= 0.3 is 0 Å². The second kappa shape index (κ2) is 7.06. The second-order valence-corrected chi connectivity index (χ2v) is 8.21. The van der Waals surface area contributed by atoms with Crippen molar-refractivity contribution in [2.45, 2.75) is 31.9 Å². The van der Waals surface area contributed by atoms with Crippen molar-refractivity contribution < 1.29 is 9.53 Å². The molecule has 1 fully saturated rings. The van der Waals surface area contributed by atoms with Crippen LogP contribution in [0, 0.1) is 0 Å². The first-order valence-corrected chi connectivity index (χ1v) is 10.6. The van der Waals surface area contributed by atoms with Crippen molar-refractivity contribution in [1.29, 1.82) is 0 Å². The lowest BCUT2D eigenvalue weighted by molar-refractivity contribution is -0.00935. The third kappa shape index (κ3) is 2.86. The Bertz CT molecular complexity index is 1190. The minimum absolute atomic E-state index is 0.215. The van der Waals surface area contributed by atoms with E-state index in [0.29, 0.717) is 37.5 Å². The number of nitrogens with zero attached hydrogens (tertiary/aromatic N) is 3. The van der Waals surface area contributed by atoms with Crippen molar-refractivity contribution in [2.75, 3.05) is 13.1 Å². The Morgan fingerprint density at radius 3 is 2.67 bits per heavy atom. The number of benzene rings is 1. The summed E-state index contributed by atoms with van der Waals surface area (Å²) in [5, 5.41) is 0.628. The van der Waals surface area contributed by atoms with Gasteiger partial charge in [0.1, 0.15) is 11.3 Å². The summed E-state index contributed by atoms with van der Waals surface area (Å²) in [4.78, 5) is 27.4. The van der Waals surface area contributed by atoms with Crippen LogP contribution >= 0.6 is 11.6 Å². The van der Waals surface area contributed by atoms with Crippen LogP contribution in [0.15, 0.2) is 59.7 Å². The Morgan fingerprint density at radius 1 is 1.13 bits per heavy atom. The zero-order valence-corrected chi connectivity index (χ0v) is 17.4. The average molecular weight is 424 g/mol. The Morgan fingerprint density at radius 2 is 1.90 bits per heavy atom. The van der Waals surface area contributed by atoms with E-state index in [-0.39, 0.29) is 17.0 Å². The minimum atomic E-state index is -0.516.